The molecule has 156 valence electrons. The van der Waals surface area contributed by atoms with Crippen LogP contribution in [0.25, 0.3) is 0 Å². The van der Waals surface area contributed by atoms with Crippen molar-refractivity contribution in [1.82, 2.24) is 5.32 Å². The zero-order valence-electron chi connectivity index (χ0n) is 18.4. The highest BCUT2D eigenvalue weighted by Crippen LogP contribution is 2.40. The molecular formula is C20H37NO5Si. The molecular weight excluding hydrogens is 362 g/mol. The van der Waals surface area contributed by atoms with E-state index in [1.807, 2.05) is 32.9 Å². The number of alkyl carbamates (subject to hydrolysis) is 1. The average molecular weight is 400 g/mol. The number of methoxy groups -OCH3 is 1. The summed E-state index contributed by atoms with van der Waals surface area (Å²) in [5.74, 6) is -0.300. The van der Waals surface area contributed by atoms with Crippen molar-refractivity contribution < 1.29 is 23.5 Å². The molecule has 0 aromatic rings. The molecule has 27 heavy (non-hydrogen) atoms. The van der Waals surface area contributed by atoms with Gasteiger partial charge in [-0.05, 0) is 51.7 Å². The summed E-state index contributed by atoms with van der Waals surface area (Å²) in [5, 5.41) is 2.92. The van der Waals surface area contributed by atoms with Crippen molar-refractivity contribution >= 4 is 20.4 Å². The number of ether oxygens (including phenoxy) is 2. The van der Waals surface area contributed by atoms with Gasteiger partial charge in [0.15, 0.2) is 8.32 Å². The van der Waals surface area contributed by atoms with Gasteiger partial charge in [0, 0.05) is 6.61 Å². The van der Waals surface area contributed by atoms with Gasteiger partial charge in [-0.2, -0.15) is 0 Å². The number of carbonyl (C=O) groups excluding carboxylic acids is 2. The van der Waals surface area contributed by atoms with E-state index in [-0.39, 0.29) is 17.0 Å². The molecule has 0 aromatic carbocycles. The lowest BCUT2D eigenvalue weighted by Crippen LogP contribution is -2.43. The monoisotopic (exact) mass is 399 g/mol. The molecule has 0 aromatic heterocycles. The smallest absolute Gasteiger partial charge is 0.408 e. The fourth-order valence-electron chi connectivity index (χ4n) is 2.73. The first-order valence-corrected chi connectivity index (χ1v) is 12.4. The number of carbonyl (C=O) groups is 2. The Balaban J connectivity index is 2.74. The van der Waals surface area contributed by atoms with Gasteiger partial charge in [0.25, 0.3) is 0 Å². The van der Waals surface area contributed by atoms with Crippen molar-refractivity contribution in [2.45, 2.75) is 84.2 Å². The van der Waals surface area contributed by atoms with Gasteiger partial charge in [0.1, 0.15) is 5.60 Å². The molecule has 0 spiro atoms. The molecule has 6 nitrogen and oxygen atoms in total. The van der Waals surface area contributed by atoms with Gasteiger partial charge in [-0.1, -0.05) is 32.9 Å². The standard InChI is InChI=1S/C20H37NO5Si/c1-18(2,3)26-17(23)21-15-10-11-20(14-15,16(22)24-7)12-13-25-27(8,9)19(4,5)6/h10-11,15H,12-14H2,1-9H3,(H,21,23). The first-order valence-electron chi connectivity index (χ1n) is 9.53. The molecule has 7 heteroatoms. The summed E-state index contributed by atoms with van der Waals surface area (Å²) in [5.41, 5.74) is -1.35. The van der Waals surface area contributed by atoms with E-state index in [0.717, 1.165) is 0 Å². The number of esters is 1. The summed E-state index contributed by atoms with van der Waals surface area (Å²) in [6.45, 7) is 16.9. The molecule has 1 amide bonds. The largest absolute Gasteiger partial charge is 0.468 e. The van der Waals surface area contributed by atoms with Gasteiger partial charge >= 0.3 is 12.1 Å². The number of hydrogen-bond donors (Lipinski definition) is 1. The number of nitrogens with one attached hydrogen (secondary N) is 1. The number of hydrogen-bond acceptors (Lipinski definition) is 5. The predicted octanol–water partition coefficient (Wildman–Crippen LogP) is 4.41. The van der Waals surface area contributed by atoms with Crippen molar-refractivity contribution in [3.8, 4) is 0 Å². The van der Waals surface area contributed by atoms with Crippen LogP contribution in [0.2, 0.25) is 18.1 Å². The minimum absolute atomic E-state index is 0.109. The highest BCUT2D eigenvalue weighted by molar-refractivity contribution is 6.74. The van der Waals surface area contributed by atoms with Crippen LogP contribution in [-0.4, -0.2) is 45.7 Å². The van der Waals surface area contributed by atoms with E-state index in [0.29, 0.717) is 19.4 Å². The quantitative estimate of drug-likeness (QED) is 0.407. The lowest BCUT2D eigenvalue weighted by Gasteiger charge is -2.37. The highest BCUT2D eigenvalue weighted by atomic mass is 28.4. The molecule has 0 saturated carbocycles. The van der Waals surface area contributed by atoms with Crippen LogP contribution >= 0.6 is 0 Å². The van der Waals surface area contributed by atoms with Gasteiger partial charge in [-0.15, -0.1) is 0 Å². The molecule has 0 fully saturated rings. The van der Waals surface area contributed by atoms with Crippen molar-refractivity contribution in [2.75, 3.05) is 13.7 Å². The van der Waals surface area contributed by atoms with Crippen molar-refractivity contribution in [3.63, 3.8) is 0 Å². The third-order valence-corrected chi connectivity index (χ3v) is 9.88. The number of rotatable bonds is 6. The van der Waals surface area contributed by atoms with E-state index in [4.69, 9.17) is 13.9 Å². The molecule has 2 atom stereocenters. The highest BCUT2D eigenvalue weighted by Gasteiger charge is 2.44. The number of amides is 1. The zero-order valence-corrected chi connectivity index (χ0v) is 19.4. The Bertz CT molecular complexity index is 574. The van der Waals surface area contributed by atoms with E-state index in [9.17, 15) is 9.59 Å². The Hall–Kier alpha value is -1.34. The van der Waals surface area contributed by atoms with Crippen LogP contribution in [0.3, 0.4) is 0 Å². The summed E-state index contributed by atoms with van der Waals surface area (Å²) in [7, 11) is -0.501. The first kappa shape index (κ1) is 23.7. The van der Waals surface area contributed by atoms with Gasteiger partial charge in [-0.3, -0.25) is 4.79 Å². The second-order valence-corrected chi connectivity index (χ2v) is 14.6. The third-order valence-electron chi connectivity index (χ3n) is 5.34. The molecule has 0 bridgehead atoms. The lowest BCUT2D eigenvalue weighted by molar-refractivity contribution is -0.150. The Labute approximate surface area is 165 Å². The van der Waals surface area contributed by atoms with Gasteiger partial charge < -0.3 is 19.2 Å². The minimum atomic E-state index is -1.89. The fourth-order valence-corrected chi connectivity index (χ4v) is 3.78. The summed E-state index contributed by atoms with van der Waals surface area (Å²) in [4.78, 5) is 24.5. The maximum Gasteiger partial charge on any atom is 0.408 e. The minimum Gasteiger partial charge on any atom is -0.468 e. The second-order valence-electron chi connectivity index (χ2n) is 9.82. The van der Waals surface area contributed by atoms with Crippen molar-refractivity contribution in [2.24, 2.45) is 5.41 Å². The molecule has 0 aliphatic heterocycles. The molecule has 0 heterocycles. The predicted molar refractivity (Wildman–Crippen MR) is 109 cm³/mol. The van der Waals surface area contributed by atoms with Crippen LogP contribution in [0.5, 0.6) is 0 Å². The fraction of sp³-hybridized carbons (Fsp3) is 0.800. The zero-order chi connectivity index (χ0) is 21.1. The van der Waals surface area contributed by atoms with E-state index in [2.05, 4.69) is 39.2 Å². The summed E-state index contributed by atoms with van der Waals surface area (Å²) in [6.07, 6.45) is 4.16. The molecule has 1 aliphatic rings. The molecule has 0 saturated heterocycles. The topological polar surface area (TPSA) is 73.9 Å². The Morgan fingerprint density at radius 1 is 1.19 bits per heavy atom. The molecule has 1 rings (SSSR count). The van der Waals surface area contributed by atoms with Crippen LogP contribution in [0.4, 0.5) is 4.79 Å². The molecule has 1 N–H and O–H groups in total. The molecule has 0 radical (unpaired) electrons. The lowest BCUT2D eigenvalue weighted by atomic mass is 9.83. The average Bonchev–Trinajstić information content (AvgIpc) is 2.87. The SMILES string of the molecule is COC(=O)C1(CCO[Si](C)(C)C(C)(C)C)C=CC(NC(=O)OC(C)(C)C)C1. The summed E-state index contributed by atoms with van der Waals surface area (Å²) in [6, 6.07) is -0.271. The van der Waals surface area contributed by atoms with E-state index < -0.39 is 25.4 Å². The normalized spacial score (nSPS) is 23.2. The Morgan fingerprint density at radius 3 is 2.26 bits per heavy atom. The van der Waals surface area contributed by atoms with Crippen LogP contribution in [0.15, 0.2) is 12.2 Å². The van der Waals surface area contributed by atoms with E-state index >= 15 is 0 Å². The maximum absolute atomic E-state index is 12.5. The van der Waals surface area contributed by atoms with Crippen molar-refractivity contribution in [3.05, 3.63) is 12.2 Å². The van der Waals surface area contributed by atoms with Gasteiger partial charge in [-0.25, -0.2) is 4.79 Å². The second kappa shape index (κ2) is 8.35. The Kier molecular flexibility index (Phi) is 7.33. The van der Waals surface area contributed by atoms with Crippen LogP contribution in [0, 0.1) is 5.41 Å². The molecule has 1 aliphatic carbocycles. The first-order chi connectivity index (χ1) is 12.1. The third kappa shape index (κ3) is 6.64. The molecule has 2 unspecified atom stereocenters. The van der Waals surface area contributed by atoms with E-state index in [1.165, 1.54) is 7.11 Å². The summed E-state index contributed by atoms with van der Waals surface area (Å²) >= 11 is 0. The van der Waals surface area contributed by atoms with Crippen LogP contribution in [-0.2, 0) is 18.7 Å². The van der Waals surface area contributed by atoms with E-state index in [1.54, 1.807) is 0 Å². The van der Waals surface area contributed by atoms with Gasteiger partial charge in [0.05, 0.1) is 18.6 Å². The van der Waals surface area contributed by atoms with Gasteiger partial charge in [0.2, 0.25) is 0 Å². The Morgan fingerprint density at radius 2 is 1.78 bits per heavy atom. The van der Waals surface area contributed by atoms with Crippen LogP contribution < -0.4 is 5.32 Å². The summed E-state index contributed by atoms with van der Waals surface area (Å²) < 4.78 is 16.6. The maximum atomic E-state index is 12.5. The van der Waals surface area contributed by atoms with Crippen molar-refractivity contribution in [1.29, 1.82) is 0 Å². The van der Waals surface area contributed by atoms with Crippen LogP contribution in [0.1, 0.15) is 54.4 Å².